The maximum atomic E-state index is 11.6. The molecule has 0 aliphatic carbocycles. The molecule has 1 aromatic rings. The zero-order chi connectivity index (χ0) is 14.3. The molecule has 1 rings (SSSR count). The number of carbonyl (C=O) groups excluding carboxylic acids is 1. The lowest BCUT2D eigenvalue weighted by atomic mass is 10.2. The first-order valence-corrected chi connectivity index (χ1v) is 6.27. The van der Waals surface area contributed by atoms with Gasteiger partial charge in [-0.2, -0.15) is 0 Å². The second-order valence-electron chi connectivity index (χ2n) is 3.99. The fraction of sp³-hybridized carbons (Fsp3) is 0.500. The predicted molar refractivity (Wildman–Crippen MR) is 72.5 cm³/mol. The van der Waals surface area contributed by atoms with Crippen LogP contribution in [0.25, 0.3) is 0 Å². The molecule has 1 atom stereocenters. The van der Waals surface area contributed by atoms with E-state index in [0.29, 0.717) is 24.7 Å². The summed E-state index contributed by atoms with van der Waals surface area (Å²) in [6, 6.07) is 5.60. The minimum absolute atomic E-state index is 0.335. The Morgan fingerprint density at radius 3 is 2.74 bits per heavy atom. The van der Waals surface area contributed by atoms with E-state index in [1.165, 1.54) is 0 Å². The Morgan fingerprint density at radius 1 is 1.42 bits per heavy atom. The SMILES string of the molecule is CCOC(=O)C(C)Oc1c(CNC)cccc1OC. The van der Waals surface area contributed by atoms with Crippen molar-refractivity contribution in [3.63, 3.8) is 0 Å². The molecule has 0 aromatic heterocycles. The lowest BCUT2D eigenvalue weighted by molar-refractivity contribution is -0.150. The molecule has 106 valence electrons. The first-order valence-electron chi connectivity index (χ1n) is 6.27. The quantitative estimate of drug-likeness (QED) is 0.763. The van der Waals surface area contributed by atoms with E-state index in [1.54, 1.807) is 27.0 Å². The molecule has 0 aliphatic rings. The van der Waals surface area contributed by atoms with Gasteiger partial charge in [-0.05, 0) is 27.0 Å². The van der Waals surface area contributed by atoms with E-state index in [-0.39, 0.29) is 5.97 Å². The zero-order valence-electron chi connectivity index (χ0n) is 11.9. The Bertz CT molecular complexity index is 420. The van der Waals surface area contributed by atoms with E-state index in [4.69, 9.17) is 14.2 Å². The molecular formula is C14H21NO4. The molecule has 0 saturated carbocycles. The van der Waals surface area contributed by atoms with Crippen LogP contribution in [0.2, 0.25) is 0 Å². The van der Waals surface area contributed by atoms with Gasteiger partial charge in [0.05, 0.1) is 13.7 Å². The average Bonchev–Trinajstić information content (AvgIpc) is 2.41. The standard InChI is InChI=1S/C14H21NO4/c1-5-18-14(16)10(2)19-13-11(9-15-3)7-6-8-12(13)17-4/h6-8,10,15H,5,9H2,1-4H3. The second kappa shape index (κ2) is 7.63. The molecule has 5 heteroatoms. The molecule has 0 saturated heterocycles. The Hall–Kier alpha value is -1.75. The van der Waals surface area contributed by atoms with E-state index in [0.717, 1.165) is 5.56 Å². The molecule has 0 radical (unpaired) electrons. The molecule has 5 nitrogen and oxygen atoms in total. The fourth-order valence-electron chi connectivity index (χ4n) is 1.67. The van der Waals surface area contributed by atoms with Gasteiger partial charge in [0.1, 0.15) is 0 Å². The van der Waals surface area contributed by atoms with Gasteiger partial charge < -0.3 is 19.5 Å². The van der Waals surface area contributed by atoms with Crippen LogP contribution >= 0.6 is 0 Å². The normalized spacial score (nSPS) is 11.8. The van der Waals surface area contributed by atoms with E-state index in [9.17, 15) is 4.79 Å². The van der Waals surface area contributed by atoms with Crippen LogP contribution in [0.5, 0.6) is 11.5 Å². The molecule has 19 heavy (non-hydrogen) atoms. The molecule has 0 aliphatic heterocycles. The van der Waals surface area contributed by atoms with Crippen molar-refractivity contribution in [3.05, 3.63) is 23.8 Å². The lowest BCUT2D eigenvalue weighted by Crippen LogP contribution is -2.27. The number of nitrogens with one attached hydrogen (secondary N) is 1. The van der Waals surface area contributed by atoms with Gasteiger partial charge >= 0.3 is 5.97 Å². The molecule has 1 unspecified atom stereocenters. The van der Waals surface area contributed by atoms with Gasteiger partial charge in [0.25, 0.3) is 0 Å². The van der Waals surface area contributed by atoms with E-state index < -0.39 is 6.10 Å². The second-order valence-corrected chi connectivity index (χ2v) is 3.99. The van der Waals surface area contributed by atoms with Crippen molar-refractivity contribution in [2.75, 3.05) is 20.8 Å². The summed E-state index contributed by atoms with van der Waals surface area (Å²) < 4.78 is 15.9. The molecule has 0 fully saturated rings. The van der Waals surface area contributed by atoms with Crippen molar-refractivity contribution in [3.8, 4) is 11.5 Å². The molecule has 0 bridgehead atoms. The third-order valence-corrected chi connectivity index (χ3v) is 2.56. The van der Waals surface area contributed by atoms with Crippen molar-refractivity contribution in [2.24, 2.45) is 0 Å². The molecule has 1 N–H and O–H groups in total. The summed E-state index contributed by atoms with van der Waals surface area (Å²) in [6.07, 6.45) is -0.674. The number of rotatable bonds is 7. The number of carbonyl (C=O) groups is 1. The van der Waals surface area contributed by atoms with Crippen LogP contribution < -0.4 is 14.8 Å². The van der Waals surface area contributed by atoms with Crippen LogP contribution in [0.15, 0.2) is 18.2 Å². The highest BCUT2D eigenvalue weighted by molar-refractivity contribution is 5.74. The highest BCUT2D eigenvalue weighted by atomic mass is 16.6. The van der Waals surface area contributed by atoms with Gasteiger partial charge in [-0.25, -0.2) is 4.79 Å². The fourth-order valence-corrected chi connectivity index (χ4v) is 1.67. The van der Waals surface area contributed by atoms with Gasteiger partial charge in [-0.1, -0.05) is 12.1 Å². The summed E-state index contributed by atoms with van der Waals surface area (Å²) in [6.45, 7) is 4.39. The van der Waals surface area contributed by atoms with Gasteiger partial charge in [0.15, 0.2) is 17.6 Å². The number of ether oxygens (including phenoxy) is 3. The topological polar surface area (TPSA) is 56.8 Å². The highest BCUT2D eigenvalue weighted by Crippen LogP contribution is 2.32. The summed E-state index contributed by atoms with van der Waals surface area (Å²) >= 11 is 0. The minimum atomic E-state index is -0.674. The summed E-state index contributed by atoms with van der Waals surface area (Å²) in [5.74, 6) is 0.785. The monoisotopic (exact) mass is 267 g/mol. The molecule has 1 aromatic carbocycles. The van der Waals surface area contributed by atoms with E-state index >= 15 is 0 Å². The third kappa shape index (κ3) is 4.13. The minimum Gasteiger partial charge on any atom is -0.493 e. The number of benzene rings is 1. The maximum Gasteiger partial charge on any atom is 0.347 e. The Balaban J connectivity index is 2.93. The summed E-state index contributed by atoms with van der Waals surface area (Å²) in [5, 5.41) is 3.05. The Morgan fingerprint density at radius 2 is 2.16 bits per heavy atom. The van der Waals surface area contributed by atoms with Crippen molar-refractivity contribution in [1.29, 1.82) is 0 Å². The average molecular weight is 267 g/mol. The predicted octanol–water partition coefficient (Wildman–Crippen LogP) is 1.74. The van der Waals surface area contributed by atoms with E-state index in [1.807, 2.05) is 19.2 Å². The summed E-state index contributed by atoms with van der Waals surface area (Å²) in [7, 11) is 3.42. The number of hydrogen-bond donors (Lipinski definition) is 1. The van der Waals surface area contributed by atoms with Gasteiger partial charge in [-0.3, -0.25) is 0 Å². The van der Waals surface area contributed by atoms with Crippen molar-refractivity contribution in [2.45, 2.75) is 26.5 Å². The zero-order valence-corrected chi connectivity index (χ0v) is 11.9. The van der Waals surface area contributed by atoms with Crippen LogP contribution in [0.4, 0.5) is 0 Å². The largest absolute Gasteiger partial charge is 0.493 e. The first-order chi connectivity index (χ1) is 9.13. The molecule has 0 amide bonds. The summed E-state index contributed by atoms with van der Waals surface area (Å²) in [5.41, 5.74) is 0.929. The number of para-hydroxylation sites is 1. The van der Waals surface area contributed by atoms with Crippen molar-refractivity contribution in [1.82, 2.24) is 5.32 Å². The smallest absolute Gasteiger partial charge is 0.347 e. The van der Waals surface area contributed by atoms with E-state index in [2.05, 4.69) is 5.32 Å². The van der Waals surface area contributed by atoms with Gasteiger partial charge in [0.2, 0.25) is 0 Å². The molecule has 0 heterocycles. The highest BCUT2D eigenvalue weighted by Gasteiger charge is 2.19. The summed E-state index contributed by atoms with van der Waals surface area (Å²) in [4.78, 5) is 11.6. The third-order valence-electron chi connectivity index (χ3n) is 2.56. The van der Waals surface area contributed by atoms with Crippen LogP contribution in [-0.2, 0) is 16.1 Å². The van der Waals surface area contributed by atoms with Gasteiger partial charge in [-0.15, -0.1) is 0 Å². The Labute approximate surface area is 113 Å². The first kappa shape index (κ1) is 15.3. The Kier molecular flexibility index (Phi) is 6.15. The van der Waals surface area contributed by atoms with Crippen molar-refractivity contribution < 1.29 is 19.0 Å². The lowest BCUT2D eigenvalue weighted by Gasteiger charge is -2.18. The van der Waals surface area contributed by atoms with Gasteiger partial charge in [0, 0.05) is 12.1 Å². The molecule has 0 spiro atoms. The van der Waals surface area contributed by atoms with Crippen molar-refractivity contribution >= 4 is 5.97 Å². The molecular weight excluding hydrogens is 246 g/mol. The van der Waals surface area contributed by atoms with Crippen LogP contribution in [0.3, 0.4) is 0 Å². The number of methoxy groups -OCH3 is 1. The van der Waals surface area contributed by atoms with Crippen LogP contribution in [0.1, 0.15) is 19.4 Å². The maximum absolute atomic E-state index is 11.6. The number of esters is 1. The van der Waals surface area contributed by atoms with Crippen LogP contribution in [-0.4, -0.2) is 32.8 Å². The number of hydrogen-bond acceptors (Lipinski definition) is 5. The van der Waals surface area contributed by atoms with Crippen LogP contribution in [0, 0.1) is 0 Å².